The molecule has 7 rings (SSSR count). The standard InChI is InChI=1S/C24H21Br2Cl2N3OSe/c25-19-4-3-18(33-19)23-20(26)22(30-31(23)17-2-1-15(27)10-16(17)28)24(32)29-21-13-6-11-5-12(8-13)9-14(21)7-11/h1-4,10-14,21H,5-9H2,(H,29,32). The van der Waals surface area contributed by atoms with E-state index < -0.39 is 0 Å². The van der Waals surface area contributed by atoms with E-state index in [2.05, 4.69) is 49.3 Å². The summed E-state index contributed by atoms with van der Waals surface area (Å²) in [6.07, 6.45) is 6.43. The fourth-order valence-corrected chi connectivity index (χ4v) is 10.5. The molecule has 1 N–H and O–H groups in total. The van der Waals surface area contributed by atoms with E-state index in [-0.39, 0.29) is 26.5 Å². The molecule has 0 unspecified atom stereocenters. The van der Waals surface area contributed by atoms with Crippen LogP contribution in [0, 0.1) is 23.7 Å². The van der Waals surface area contributed by atoms with Crippen LogP contribution in [0.15, 0.2) is 38.2 Å². The van der Waals surface area contributed by atoms with Gasteiger partial charge in [-0.3, -0.25) is 0 Å². The first-order valence-electron chi connectivity index (χ1n) is 11.2. The quantitative estimate of drug-likeness (QED) is 0.303. The molecule has 2 heterocycles. The van der Waals surface area contributed by atoms with Crippen molar-refractivity contribution >= 4 is 75.5 Å². The van der Waals surface area contributed by atoms with Crippen LogP contribution in [0.2, 0.25) is 10.0 Å². The summed E-state index contributed by atoms with van der Waals surface area (Å²) in [4.78, 5) is 13.6. The predicted molar refractivity (Wildman–Crippen MR) is 140 cm³/mol. The average molecular weight is 677 g/mol. The molecular formula is C24H21Br2Cl2N3OSe. The topological polar surface area (TPSA) is 46.9 Å². The molecule has 4 saturated carbocycles. The van der Waals surface area contributed by atoms with Gasteiger partial charge in [0.15, 0.2) is 0 Å². The van der Waals surface area contributed by atoms with Gasteiger partial charge in [0.1, 0.15) is 0 Å². The molecule has 172 valence electrons. The van der Waals surface area contributed by atoms with E-state index in [1.165, 1.54) is 32.1 Å². The van der Waals surface area contributed by atoms with E-state index in [1.54, 1.807) is 16.8 Å². The number of halogens is 4. The molecule has 1 aromatic carbocycles. The van der Waals surface area contributed by atoms with E-state index in [4.69, 9.17) is 28.3 Å². The third-order valence-electron chi connectivity index (χ3n) is 7.51. The summed E-state index contributed by atoms with van der Waals surface area (Å²) in [7, 11) is 0. The number of carbonyl (C=O) groups is 1. The zero-order chi connectivity index (χ0) is 22.9. The van der Waals surface area contributed by atoms with Crippen LogP contribution >= 0.6 is 55.1 Å². The summed E-state index contributed by atoms with van der Waals surface area (Å²) in [6, 6.07) is 9.73. The predicted octanol–water partition coefficient (Wildman–Crippen LogP) is 6.98. The molecule has 4 bridgehead atoms. The molecule has 3 aromatic rings. The summed E-state index contributed by atoms with van der Waals surface area (Å²) in [6.45, 7) is 0. The zero-order valence-electron chi connectivity index (χ0n) is 17.5. The maximum absolute atomic E-state index is 13.6. The summed E-state index contributed by atoms with van der Waals surface area (Å²) >= 11 is 20.1. The van der Waals surface area contributed by atoms with Gasteiger partial charge >= 0.3 is 227 Å². The second-order valence-electron chi connectivity index (χ2n) is 9.55. The normalized spacial score (nSPS) is 27.8. The van der Waals surface area contributed by atoms with Crippen LogP contribution in [-0.2, 0) is 0 Å². The molecule has 4 aliphatic carbocycles. The van der Waals surface area contributed by atoms with Crippen molar-refractivity contribution in [2.75, 3.05) is 0 Å². The van der Waals surface area contributed by atoms with Crippen LogP contribution < -0.4 is 5.32 Å². The summed E-state index contributed by atoms with van der Waals surface area (Å²) in [5.41, 5.74) is 1.97. The Labute approximate surface area is 225 Å². The Morgan fingerprint density at radius 2 is 1.73 bits per heavy atom. The minimum atomic E-state index is -0.109. The van der Waals surface area contributed by atoms with Gasteiger partial charge in [-0.2, -0.15) is 0 Å². The van der Waals surface area contributed by atoms with Crippen LogP contribution in [0.1, 0.15) is 42.6 Å². The number of aromatic nitrogens is 2. The molecule has 4 nitrogen and oxygen atoms in total. The van der Waals surface area contributed by atoms with E-state index in [0.717, 1.165) is 25.3 Å². The van der Waals surface area contributed by atoms with E-state index >= 15 is 0 Å². The van der Waals surface area contributed by atoms with Crippen LogP contribution in [0.3, 0.4) is 0 Å². The molecule has 4 fully saturated rings. The third-order valence-corrected chi connectivity index (χ3v) is 11.8. The summed E-state index contributed by atoms with van der Waals surface area (Å²) in [5, 5.41) is 9.23. The first kappa shape index (κ1) is 22.9. The molecule has 1 amide bonds. The fourth-order valence-electron chi connectivity index (χ4n) is 6.41. The molecule has 33 heavy (non-hydrogen) atoms. The molecule has 0 aliphatic heterocycles. The molecule has 0 atom stereocenters. The van der Waals surface area contributed by atoms with Gasteiger partial charge in [-0.25, -0.2) is 0 Å². The fraction of sp³-hybridized carbons (Fsp3) is 0.417. The first-order valence-corrected chi connectivity index (χ1v) is 15.2. The van der Waals surface area contributed by atoms with E-state index in [1.807, 2.05) is 6.07 Å². The number of nitrogens with zero attached hydrogens (tertiary/aromatic N) is 2. The first-order chi connectivity index (χ1) is 15.9. The van der Waals surface area contributed by atoms with Gasteiger partial charge in [-0.05, 0) is 0 Å². The van der Waals surface area contributed by atoms with Gasteiger partial charge < -0.3 is 0 Å². The molecule has 9 heteroatoms. The SMILES string of the molecule is O=C(NC1C2CC3CC(C2)CC1C3)c1nn(-c2ccc(Cl)cc2Cl)c(-c2ccc(Br)[se]2)c1Br. The Morgan fingerprint density at radius 1 is 1.03 bits per heavy atom. The monoisotopic (exact) mass is 675 g/mol. The number of benzene rings is 1. The molecule has 0 spiro atoms. The van der Waals surface area contributed by atoms with Crippen LogP contribution in [0.25, 0.3) is 15.8 Å². The number of rotatable bonds is 4. The van der Waals surface area contributed by atoms with Gasteiger partial charge in [0.2, 0.25) is 0 Å². The van der Waals surface area contributed by atoms with Crippen molar-refractivity contribution in [3.8, 4) is 15.8 Å². The third kappa shape index (κ3) is 4.11. The van der Waals surface area contributed by atoms with Crippen molar-refractivity contribution < 1.29 is 4.79 Å². The molecule has 4 aliphatic rings. The van der Waals surface area contributed by atoms with Gasteiger partial charge in [-0.15, -0.1) is 0 Å². The Morgan fingerprint density at radius 3 is 2.33 bits per heavy atom. The van der Waals surface area contributed by atoms with E-state index in [9.17, 15) is 4.79 Å². The van der Waals surface area contributed by atoms with Gasteiger partial charge in [0, 0.05) is 0 Å². The van der Waals surface area contributed by atoms with Crippen LogP contribution in [-0.4, -0.2) is 36.2 Å². The number of amides is 1. The summed E-state index contributed by atoms with van der Waals surface area (Å²) < 4.78 is 4.75. The average Bonchev–Trinajstić information content (AvgIpc) is 3.33. The van der Waals surface area contributed by atoms with Crippen molar-refractivity contribution in [1.82, 2.24) is 15.1 Å². The van der Waals surface area contributed by atoms with Crippen molar-refractivity contribution in [3.05, 3.63) is 53.9 Å². The molecule has 0 radical (unpaired) electrons. The Kier molecular flexibility index (Phi) is 6.12. The summed E-state index contributed by atoms with van der Waals surface area (Å²) in [5.74, 6) is 2.84. The van der Waals surface area contributed by atoms with Crippen LogP contribution in [0.4, 0.5) is 0 Å². The van der Waals surface area contributed by atoms with Crippen molar-refractivity contribution in [3.63, 3.8) is 0 Å². The van der Waals surface area contributed by atoms with Gasteiger partial charge in [-0.1, -0.05) is 0 Å². The van der Waals surface area contributed by atoms with Crippen molar-refractivity contribution in [2.45, 2.75) is 38.1 Å². The van der Waals surface area contributed by atoms with Gasteiger partial charge in [0.25, 0.3) is 0 Å². The molecular weight excluding hydrogens is 656 g/mol. The number of hydrogen-bond donors (Lipinski definition) is 1. The van der Waals surface area contributed by atoms with E-state index in [0.29, 0.717) is 37.7 Å². The Hall–Kier alpha value is -0.561. The Bertz CT molecular complexity index is 1230. The molecule has 0 saturated heterocycles. The van der Waals surface area contributed by atoms with Gasteiger partial charge in [0.05, 0.1) is 0 Å². The molecule has 2 aromatic heterocycles. The maximum atomic E-state index is 13.6. The van der Waals surface area contributed by atoms with Crippen molar-refractivity contribution in [1.29, 1.82) is 0 Å². The Balaban J connectivity index is 1.38. The minimum absolute atomic E-state index is 0.0916. The zero-order valence-corrected chi connectivity index (χ0v) is 23.9. The van der Waals surface area contributed by atoms with Crippen molar-refractivity contribution in [2.24, 2.45) is 23.7 Å². The number of hydrogen-bond acceptors (Lipinski definition) is 2. The second-order valence-corrected chi connectivity index (χ2v) is 15.5. The number of carbonyl (C=O) groups excluding carboxylic acids is 1. The number of nitrogens with one attached hydrogen (secondary N) is 1. The van der Waals surface area contributed by atoms with Crippen LogP contribution in [0.5, 0.6) is 0 Å². The second kappa shape index (κ2) is 8.83.